The predicted octanol–water partition coefficient (Wildman–Crippen LogP) is 1.87. The molecule has 0 heterocycles. The Morgan fingerprint density at radius 2 is 1.43 bits per heavy atom. The first-order chi connectivity index (χ1) is 12.8. The SMILES string of the molecule is COC(=O)C=Cc1cc([AsH]C(=O)OC(C)(C)C)ccc1[AsH]C(=O)OC(C)(C)C. The van der Waals surface area contributed by atoms with Gasteiger partial charge in [-0.3, -0.25) is 0 Å². The van der Waals surface area contributed by atoms with Gasteiger partial charge in [-0.15, -0.1) is 0 Å². The molecule has 0 aliphatic rings. The molecule has 1 aromatic carbocycles. The number of carbonyl (C=O) groups is 3. The van der Waals surface area contributed by atoms with E-state index in [9.17, 15) is 14.4 Å². The van der Waals surface area contributed by atoms with Crippen molar-refractivity contribution in [3.05, 3.63) is 29.8 Å². The van der Waals surface area contributed by atoms with E-state index in [2.05, 4.69) is 4.74 Å². The van der Waals surface area contributed by atoms with Gasteiger partial charge in [-0.2, -0.15) is 0 Å². The Hall–Kier alpha value is -1.51. The van der Waals surface area contributed by atoms with Gasteiger partial charge < -0.3 is 0 Å². The molecule has 0 saturated heterocycles. The van der Waals surface area contributed by atoms with Gasteiger partial charge in [0.15, 0.2) is 0 Å². The molecule has 1 rings (SSSR count). The molecule has 0 aliphatic carbocycles. The van der Waals surface area contributed by atoms with Crippen LogP contribution in [0.25, 0.3) is 6.08 Å². The van der Waals surface area contributed by atoms with Crippen molar-refractivity contribution in [2.75, 3.05) is 7.11 Å². The standard InChI is InChI=1S/C20H28As2O6/c1-19(2,3)27-17(24)21-14-9-10-15(22-18(25)28-20(4,5)6)13(12-14)8-11-16(23)26-7/h8-12,21-22H,1-7H3. The van der Waals surface area contributed by atoms with Crippen LogP contribution in [0.4, 0.5) is 9.59 Å². The normalized spacial score (nSPS) is 12.8. The number of hydrogen-bond donors (Lipinski definition) is 0. The summed E-state index contributed by atoms with van der Waals surface area (Å²) in [6.07, 6.45) is 2.91. The van der Waals surface area contributed by atoms with Crippen LogP contribution in [-0.4, -0.2) is 65.3 Å². The fourth-order valence-corrected chi connectivity index (χ4v) is 6.21. The minimum absolute atomic E-state index is 0.216. The molecule has 0 fully saturated rings. The molecule has 0 saturated carbocycles. The van der Waals surface area contributed by atoms with Gasteiger partial charge in [-0.25, -0.2) is 0 Å². The van der Waals surface area contributed by atoms with E-state index in [0.717, 1.165) is 14.3 Å². The van der Waals surface area contributed by atoms with E-state index in [0.29, 0.717) is 0 Å². The average Bonchev–Trinajstić information content (AvgIpc) is 2.50. The quantitative estimate of drug-likeness (QED) is 0.250. The van der Waals surface area contributed by atoms with Crippen molar-refractivity contribution in [1.29, 1.82) is 0 Å². The van der Waals surface area contributed by atoms with Crippen LogP contribution < -0.4 is 8.70 Å². The van der Waals surface area contributed by atoms with Crippen LogP contribution >= 0.6 is 0 Å². The van der Waals surface area contributed by atoms with Crippen molar-refractivity contribution < 1.29 is 28.6 Å². The van der Waals surface area contributed by atoms with Gasteiger partial charge in [-0.1, -0.05) is 0 Å². The summed E-state index contributed by atoms with van der Waals surface area (Å²) >= 11 is -2.41. The van der Waals surface area contributed by atoms with Crippen LogP contribution in [0.2, 0.25) is 0 Å². The molecule has 154 valence electrons. The van der Waals surface area contributed by atoms with E-state index in [1.165, 1.54) is 13.2 Å². The summed E-state index contributed by atoms with van der Waals surface area (Å²) < 4.78 is 16.7. The second-order valence-corrected chi connectivity index (χ2v) is 13.0. The molecular formula is C20H28As2O6. The fraction of sp³-hybridized carbons (Fsp3) is 0.450. The van der Waals surface area contributed by atoms with E-state index < -0.39 is 48.7 Å². The van der Waals surface area contributed by atoms with Crippen molar-refractivity contribution in [2.24, 2.45) is 0 Å². The van der Waals surface area contributed by atoms with Crippen molar-refractivity contribution in [1.82, 2.24) is 0 Å². The number of hydrogen-bond acceptors (Lipinski definition) is 6. The fourth-order valence-electron chi connectivity index (χ4n) is 1.95. The zero-order valence-corrected chi connectivity index (χ0v) is 21.5. The van der Waals surface area contributed by atoms with Crippen LogP contribution in [0.5, 0.6) is 0 Å². The van der Waals surface area contributed by atoms with Crippen molar-refractivity contribution in [2.45, 2.75) is 52.7 Å². The molecule has 0 N–H and O–H groups in total. The predicted molar refractivity (Wildman–Crippen MR) is 114 cm³/mol. The van der Waals surface area contributed by atoms with Crippen LogP contribution in [0.15, 0.2) is 24.3 Å². The Kier molecular flexibility index (Phi) is 9.04. The van der Waals surface area contributed by atoms with E-state index in [1.807, 2.05) is 59.7 Å². The Morgan fingerprint density at radius 3 is 1.93 bits per heavy atom. The molecule has 6 nitrogen and oxygen atoms in total. The molecule has 2 atom stereocenters. The molecule has 0 aliphatic heterocycles. The molecule has 0 radical (unpaired) electrons. The maximum atomic E-state index is 12.2. The Bertz CT molecular complexity index is 757. The molecule has 2 unspecified atom stereocenters. The summed E-state index contributed by atoms with van der Waals surface area (Å²) in [4.78, 5) is 35.9. The van der Waals surface area contributed by atoms with Gasteiger partial charge in [0.05, 0.1) is 0 Å². The zero-order valence-electron chi connectivity index (χ0n) is 17.3. The van der Waals surface area contributed by atoms with E-state index in [4.69, 9.17) is 9.47 Å². The summed E-state index contributed by atoms with van der Waals surface area (Å²) in [5.41, 5.74) is -0.358. The molecular weight excluding hydrogens is 486 g/mol. The van der Waals surface area contributed by atoms with Crippen molar-refractivity contribution in [3.63, 3.8) is 0 Å². The third kappa shape index (κ3) is 10.1. The average molecular weight is 514 g/mol. The number of esters is 1. The summed E-state index contributed by atoms with van der Waals surface area (Å²) in [7, 11) is 1.30. The van der Waals surface area contributed by atoms with Crippen molar-refractivity contribution in [3.8, 4) is 0 Å². The number of carbonyl (C=O) groups excluding carboxylic acids is 3. The molecule has 0 bridgehead atoms. The first-order valence-electron chi connectivity index (χ1n) is 8.69. The van der Waals surface area contributed by atoms with Gasteiger partial charge >= 0.3 is 180 Å². The second kappa shape index (κ2) is 10.3. The van der Waals surface area contributed by atoms with E-state index >= 15 is 0 Å². The molecule has 0 amide bonds. The first kappa shape index (κ1) is 24.5. The van der Waals surface area contributed by atoms with Crippen LogP contribution in [-0.2, 0) is 19.0 Å². The molecule has 0 spiro atoms. The third-order valence-corrected chi connectivity index (χ3v) is 7.00. The molecule has 1 aromatic rings. The van der Waals surface area contributed by atoms with Crippen LogP contribution in [0, 0.1) is 0 Å². The minimum atomic E-state index is -1.24. The summed E-state index contributed by atoms with van der Waals surface area (Å²) in [6, 6.07) is 5.53. The topological polar surface area (TPSA) is 78.9 Å². The number of methoxy groups -OCH3 is 1. The van der Waals surface area contributed by atoms with Gasteiger partial charge in [0.1, 0.15) is 0 Å². The van der Waals surface area contributed by atoms with Gasteiger partial charge in [-0.05, 0) is 0 Å². The summed E-state index contributed by atoms with van der Waals surface area (Å²) in [5.74, 6) is -0.489. The maximum absolute atomic E-state index is 12.2. The van der Waals surface area contributed by atoms with E-state index in [1.54, 1.807) is 6.08 Å². The van der Waals surface area contributed by atoms with Gasteiger partial charge in [0.25, 0.3) is 0 Å². The van der Waals surface area contributed by atoms with Gasteiger partial charge in [0.2, 0.25) is 0 Å². The first-order valence-corrected chi connectivity index (χ1v) is 12.9. The second-order valence-electron chi connectivity index (χ2n) is 7.91. The Balaban J connectivity index is 3.08. The monoisotopic (exact) mass is 514 g/mol. The Labute approximate surface area is 179 Å². The number of ether oxygens (including phenoxy) is 3. The molecule has 28 heavy (non-hydrogen) atoms. The number of benzene rings is 1. The summed E-state index contributed by atoms with van der Waals surface area (Å²) in [5, 5.41) is 0. The van der Waals surface area contributed by atoms with Crippen molar-refractivity contribution >= 4 is 61.8 Å². The third-order valence-electron chi connectivity index (χ3n) is 2.93. The summed E-state index contributed by atoms with van der Waals surface area (Å²) in [6.45, 7) is 11.0. The molecule has 0 aromatic heterocycles. The van der Waals surface area contributed by atoms with Gasteiger partial charge in [0, 0.05) is 0 Å². The zero-order chi connectivity index (χ0) is 21.5. The Morgan fingerprint density at radius 1 is 0.893 bits per heavy atom. The van der Waals surface area contributed by atoms with E-state index in [-0.39, 0.29) is 9.51 Å². The molecule has 8 heteroatoms. The number of rotatable bonds is 6. The van der Waals surface area contributed by atoms with Crippen LogP contribution in [0.3, 0.4) is 0 Å². The van der Waals surface area contributed by atoms with Crippen LogP contribution in [0.1, 0.15) is 47.1 Å².